The lowest BCUT2D eigenvalue weighted by atomic mass is 10.0. The molecule has 0 saturated carbocycles. The standard InChI is InChI=1S/C18H23N3O2/c1-4-5-12-21-17(22)11-10-16(20-21)18(23)19-15-9-7-6-8-14(15)13(2)3/h6-11,13H,4-5,12H2,1-3H3,(H,19,23). The van der Waals surface area contributed by atoms with Crippen molar-refractivity contribution in [3.05, 3.63) is 58.0 Å². The fraction of sp³-hybridized carbons (Fsp3) is 0.389. The van der Waals surface area contributed by atoms with Gasteiger partial charge in [0.2, 0.25) is 0 Å². The molecule has 0 bridgehead atoms. The molecule has 0 atom stereocenters. The van der Waals surface area contributed by atoms with Gasteiger partial charge in [-0.15, -0.1) is 0 Å². The zero-order valence-corrected chi connectivity index (χ0v) is 13.9. The lowest BCUT2D eigenvalue weighted by Gasteiger charge is -2.13. The minimum Gasteiger partial charge on any atom is -0.320 e. The predicted molar refractivity (Wildman–Crippen MR) is 91.9 cm³/mol. The van der Waals surface area contributed by atoms with E-state index in [9.17, 15) is 9.59 Å². The van der Waals surface area contributed by atoms with Gasteiger partial charge in [-0.3, -0.25) is 9.59 Å². The third kappa shape index (κ3) is 4.28. The maximum absolute atomic E-state index is 12.4. The van der Waals surface area contributed by atoms with Crippen LogP contribution < -0.4 is 10.9 Å². The number of carbonyl (C=O) groups is 1. The minimum atomic E-state index is -0.302. The van der Waals surface area contributed by atoms with Crippen LogP contribution >= 0.6 is 0 Å². The Balaban J connectivity index is 2.23. The summed E-state index contributed by atoms with van der Waals surface area (Å²) in [6, 6.07) is 10.6. The van der Waals surface area contributed by atoms with E-state index in [4.69, 9.17) is 0 Å². The Bertz CT molecular complexity index is 735. The van der Waals surface area contributed by atoms with Crippen molar-refractivity contribution in [1.82, 2.24) is 9.78 Å². The predicted octanol–water partition coefficient (Wildman–Crippen LogP) is 3.42. The van der Waals surface area contributed by atoms with Crippen LogP contribution in [-0.2, 0) is 6.54 Å². The molecule has 1 heterocycles. The molecule has 1 amide bonds. The first kappa shape index (κ1) is 16.9. The van der Waals surface area contributed by atoms with Gasteiger partial charge in [0.25, 0.3) is 11.5 Å². The number of aryl methyl sites for hydroxylation is 1. The molecule has 1 N–H and O–H groups in total. The highest BCUT2D eigenvalue weighted by Crippen LogP contribution is 2.23. The van der Waals surface area contributed by atoms with E-state index < -0.39 is 0 Å². The van der Waals surface area contributed by atoms with Gasteiger partial charge in [0.15, 0.2) is 0 Å². The zero-order valence-electron chi connectivity index (χ0n) is 13.9. The van der Waals surface area contributed by atoms with Crippen molar-refractivity contribution in [1.29, 1.82) is 0 Å². The molecule has 0 aliphatic heterocycles. The first-order chi connectivity index (χ1) is 11.0. The summed E-state index contributed by atoms with van der Waals surface area (Å²) in [4.78, 5) is 24.2. The molecule has 2 aromatic rings. The second-order valence-corrected chi connectivity index (χ2v) is 5.83. The van der Waals surface area contributed by atoms with Gasteiger partial charge in [-0.05, 0) is 30.0 Å². The Labute approximate surface area is 136 Å². The van der Waals surface area contributed by atoms with Crippen molar-refractivity contribution in [3.8, 4) is 0 Å². The van der Waals surface area contributed by atoms with Gasteiger partial charge < -0.3 is 5.32 Å². The molecule has 0 saturated heterocycles. The van der Waals surface area contributed by atoms with Crippen LogP contribution in [0.25, 0.3) is 0 Å². The summed E-state index contributed by atoms with van der Waals surface area (Å²) in [7, 11) is 0. The van der Waals surface area contributed by atoms with E-state index in [1.165, 1.54) is 16.8 Å². The van der Waals surface area contributed by atoms with Gasteiger partial charge >= 0.3 is 0 Å². The number of hydrogen-bond donors (Lipinski definition) is 1. The number of amides is 1. The van der Waals surface area contributed by atoms with Gasteiger partial charge in [0.05, 0.1) is 0 Å². The molecule has 1 aromatic heterocycles. The number of rotatable bonds is 6. The SMILES string of the molecule is CCCCn1nc(C(=O)Nc2ccccc2C(C)C)ccc1=O. The molecule has 0 aliphatic carbocycles. The Morgan fingerprint density at radius 2 is 1.96 bits per heavy atom. The average Bonchev–Trinajstić information content (AvgIpc) is 2.54. The van der Waals surface area contributed by atoms with E-state index >= 15 is 0 Å². The normalized spacial score (nSPS) is 10.8. The lowest BCUT2D eigenvalue weighted by Crippen LogP contribution is -2.26. The second kappa shape index (κ2) is 7.72. The smallest absolute Gasteiger partial charge is 0.276 e. The molecule has 0 unspecified atom stereocenters. The zero-order chi connectivity index (χ0) is 16.8. The Kier molecular flexibility index (Phi) is 5.68. The van der Waals surface area contributed by atoms with Gasteiger partial charge in [-0.25, -0.2) is 4.68 Å². The fourth-order valence-electron chi connectivity index (χ4n) is 2.34. The highest BCUT2D eigenvalue weighted by molar-refractivity contribution is 6.03. The van der Waals surface area contributed by atoms with E-state index in [0.717, 1.165) is 24.1 Å². The Morgan fingerprint density at radius 3 is 2.65 bits per heavy atom. The van der Waals surface area contributed by atoms with Crippen molar-refractivity contribution in [3.63, 3.8) is 0 Å². The van der Waals surface area contributed by atoms with E-state index in [1.807, 2.05) is 31.2 Å². The summed E-state index contributed by atoms with van der Waals surface area (Å²) in [5.74, 6) is 0.00122. The number of para-hydroxylation sites is 1. The molecule has 0 aliphatic rings. The van der Waals surface area contributed by atoms with Gasteiger partial charge in [0.1, 0.15) is 5.69 Å². The summed E-state index contributed by atoms with van der Waals surface area (Å²) in [5.41, 5.74) is 1.91. The molecule has 0 spiro atoms. The van der Waals surface area contributed by atoms with Gasteiger partial charge in [0, 0.05) is 18.3 Å². The first-order valence-electron chi connectivity index (χ1n) is 8.01. The highest BCUT2D eigenvalue weighted by atomic mass is 16.2. The number of hydrogen-bond acceptors (Lipinski definition) is 3. The summed E-state index contributed by atoms with van der Waals surface area (Å²) in [5, 5.41) is 7.07. The maximum atomic E-state index is 12.4. The molecule has 5 heteroatoms. The topological polar surface area (TPSA) is 64.0 Å². The lowest BCUT2D eigenvalue weighted by molar-refractivity contribution is 0.101. The van der Waals surface area contributed by atoms with Crippen molar-refractivity contribution in [2.45, 2.75) is 46.1 Å². The monoisotopic (exact) mass is 313 g/mol. The van der Waals surface area contributed by atoms with Crippen LogP contribution in [0.4, 0.5) is 5.69 Å². The van der Waals surface area contributed by atoms with Crippen LogP contribution in [0.3, 0.4) is 0 Å². The first-order valence-corrected chi connectivity index (χ1v) is 8.01. The molecule has 23 heavy (non-hydrogen) atoms. The van der Waals surface area contributed by atoms with Crippen LogP contribution in [0.5, 0.6) is 0 Å². The third-order valence-corrected chi connectivity index (χ3v) is 3.65. The Hall–Kier alpha value is -2.43. The van der Waals surface area contributed by atoms with E-state index in [1.54, 1.807) is 0 Å². The summed E-state index contributed by atoms with van der Waals surface area (Å²) in [6.07, 6.45) is 1.82. The molecule has 122 valence electrons. The molecule has 1 aromatic carbocycles. The van der Waals surface area contributed by atoms with Gasteiger partial charge in [-0.2, -0.15) is 5.10 Å². The maximum Gasteiger partial charge on any atom is 0.276 e. The molecular formula is C18H23N3O2. The van der Waals surface area contributed by atoms with Crippen molar-refractivity contribution in [2.24, 2.45) is 0 Å². The molecule has 5 nitrogen and oxygen atoms in total. The van der Waals surface area contributed by atoms with Crippen LogP contribution in [-0.4, -0.2) is 15.7 Å². The minimum absolute atomic E-state index is 0.183. The van der Waals surface area contributed by atoms with Crippen LogP contribution in [0.15, 0.2) is 41.2 Å². The quantitative estimate of drug-likeness (QED) is 0.888. The Morgan fingerprint density at radius 1 is 1.22 bits per heavy atom. The van der Waals surface area contributed by atoms with Crippen LogP contribution in [0, 0.1) is 0 Å². The van der Waals surface area contributed by atoms with E-state index in [-0.39, 0.29) is 17.2 Å². The summed E-state index contributed by atoms with van der Waals surface area (Å²) < 4.78 is 1.35. The van der Waals surface area contributed by atoms with E-state index in [0.29, 0.717) is 12.5 Å². The summed E-state index contributed by atoms with van der Waals surface area (Å²) in [6.45, 7) is 6.73. The number of benzene rings is 1. The number of anilines is 1. The van der Waals surface area contributed by atoms with Crippen LogP contribution in [0.1, 0.15) is 55.6 Å². The van der Waals surface area contributed by atoms with Crippen LogP contribution in [0.2, 0.25) is 0 Å². The number of unbranched alkanes of at least 4 members (excludes halogenated alkanes) is 1. The fourth-order valence-corrected chi connectivity index (χ4v) is 2.34. The van der Waals surface area contributed by atoms with Crippen molar-refractivity contribution in [2.75, 3.05) is 5.32 Å². The van der Waals surface area contributed by atoms with E-state index in [2.05, 4.69) is 24.3 Å². The number of nitrogens with zero attached hydrogens (tertiary/aromatic N) is 2. The second-order valence-electron chi connectivity index (χ2n) is 5.83. The van der Waals surface area contributed by atoms with Crippen molar-refractivity contribution < 1.29 is 4.79 Å². The molecule has 0 fully saturated rings. The molecular weight excluding hydrogens is 290 g/mol. The highest BCUT2D eigenvalue weighted by Gasteiger charge is 2.13. The largest absolute Gasteiger partial charge is 0.320 e. The summed E-state index contributed by atoms with van der Waals surface area (Å²) >= 11 is 0. The van der Waals surface area contributed by atoms with Crippen molar-refractivity contribution >= 4 is 11.6 Å². The number of carbonyl (C=O) groups excluding carboxylic acids is 1. The molecule has 2 rings (SSSR count). The third-order valence-electron chi connectivity index (χ3n) is 3.65. The average molecular weight is 313 g/mol. The van der Waals surface area contributed by atoms with Gasteiger partial charge in [-0.1, -0.05) is 45.4 Å². The number of nitrogens with one attached hydrogen (secondary N) is 1. The number of aromatic nitrogens is 2. The molecule has 0 radical (unpaired) electrons.